The van der Waals surface area contributed by atoms with Crippen molar-refractivity contribution in [2.45, 2.75) is 32.9 Å². The molecule has 5 heteroatoms. The maximum atomic E-state index is 5.52. The molecule has 1 unspecified atom stereocenters. The SMILES string of the molecule is CCOCC1CNCc2cnn(CC)c21.Cl. The van der Waals surface area contributed by atoms with Crippen molar-refractivity contribution in [3.63, 3.8) is 0 Å². The molecular weight excluding hydrogens is 226 g/mol. The molecule has 1 atom stereocenters. The van der Waals surface area contributed by atoms with E-state index in [0.29, 0.717) is 5.92 Å². The van der Waals surface area contributed by atoms with Crippen molar-refractivity contribution in [3.8, 4) is 0 Å². The maximum absolute atomic E-state index is 5.52. The highest BCUT2D eigenvalue weighted by atomic mass is 35.5. The van der Waals surface area contributed by atoms with E-state index in [9.17, 15) is 0 Å². The van der Waals surface area contributed by atoms with Gasteiger partial charge in [-0.05, 0) is 13.8 Å². The Kier molecular flexibility index (Phi) is 5.25. The van der Waals surface area contributed by atoms with E-state index < -0.39 is 0 Å². The number of hydrogen-bond donors (Lipinski definition) is 1. The molecule has 0 aliphatic carbocycles. The number of hydrogen-bond acceptors (Lipinski definition) is 3. The fourth-order valence-electron chi connectivity index (χ4n) is 2.17. The van der Waals surface area contributed by atoms with Crippen LogP contribution >= 0.6 is 12.4 Å². The molecule has 0 bridgehead atoms. The Bertz CT molecular complexity index is 314. The summed E-state index contributed by atoms with van der Waals surface area (Å²) in [6.45, 7) is 8.63. The Morgan fingerprint density at radius 3 is 3.06 bits per heavy atom. The van der Waals surface area contributed by atoms with E-state index in [1.54, 1.807) is 0 Å². The van der Waals surface area contributed by atoms with Crippen LogP contribution in [0.3, 0.4) is 0 Å². The number of ether oxygens (including phenoxy) is 1. The topological polar surface area (TPSA) is 39.1 Å². The van der Waals surface area contributed by atoms with Crippen LogP contribution in [-0.2, 0) is 17.8 Å². The Hall–Kier alpha value is -0.580. The molecule has 0 aromatic carbocycles. The average molecular weight is 246 g/mol. The van der Waals surface area contributed by atoms with Gasteiger partial charge in [-0.2, -0.15) is 5.10 Å². The largest absolute Gasteiger partial charge is 0.381 e. The first-order valence-corrected chi connectivity index (χ1v) is 5.69. The van der Waals surface area contributed by atoms with E-state index in [1.807, 2.05) is 13.1 Å². The number of halogens is 1. The minimum absolute atomic E-state index is 0. The molecule has 0 fully saturated rings. The van der Waals surface area contributed by atoms with Crippen LogP contribution in [0.1, 0.15) is 31.0 Å². The summed E-state index contributed by atoms with van der Waals surface area (Å²) >= 11 is 0. The normalized spacial score (nSPS) is 19.0. The van der Waals surface area contributed by atoms with E-state index in [-0.39, 0.29) is 12.4 Å². The van der Waals surface area contributed by atoms with Crippen LogP contribution in [0, 0.1) is 0 Å². The first kappa shape index (κ1) is 13.5. The van der Waals surface area contributed by atoms with Gasteiger partial charge >= 0.3 is 0 Å². The van der Waals surface area contributed by atoms with Gasteiger partial charge in [-0.25, -0.2) is 0 Å². The molecule has 16 heavy (non-hydrogen) atoms. The minimum atomic E-state index is 0. The number of fused-ring (bicyclic) bond motifs is 1. The van der Waals surface area contributed by atoms with E-state index in [0.717, 1.165) is 32.8 Å². The molecule has 1 aromatic rings. The lowest BCUT2D eigenvalue weighted by Crippen LogP contribution is -2.32. The predicted octanol–water partition coefficient (Wildman–Crippen LogP) is 1.55. The molecule has 92 valence electrons. The Balaban J connectivity index is 0.00000128. The van der Waals surface area contributed by atoms with Gasteiger partial charge in [0, 0.05) is 43.4 Å². The van der Waals surface area contributed by atoms with Gasteiger partial charge in [0.05, 0.1) is 12.8 Å². The third-order valence-corrected chi connectivity index (χ3v) is 2.88. The lowest BCUT2D eigenvalue weighted by atomic mass is 9.98. The molecule has 0 spiro atoms. The van der Waals surface area contributed by atoms with Gasteiger partial charge in [-0.1, -0.05) is 0 Å². The summed E-state index contributed by atoms with van der Waals surface area (Å²) in [6, 6.07) is 0. The van der Waals surface area contributed by atoms with E-state index in [4.69, 9.17) is 4.74 Å². The lowest BCUT2D eigenvalue weighted by molar-refractivity contribution is 0.127. The monoisotopic (exact) mass is 245 g/mol. The number of aryl methyl sites for hydroxylation is 1. The smallest absolute Gasteiger partial charge is 0.0562 e. The van der Waals surface area contributed by atoms with Gasteiger partial charge in [-0.15, -0.1) is 12.4 Å². The molecule has 0 radical (unpaired) electrons. The first-order chi connectivity index (χ1) is 7.36. The molecule has 1 N–H and O–H groups in total. The molecule has 1 aromatic heterocycles. The number of nitrogens with zero attached hydrogens (tertiary/aromatic N) is 2. The first-order valence-electron chi connectivity index (χ1n) is 5.69. The third kappa shape index (κ3) is 2.56. The van der Waals surface area contributed by atoms with Crippen molar-refractivity contribution in [3.05, 3.63) is 17.5 Å². The summed E-state index contributed by atoms with van der Waals surface area (Å²) < 4.78 is 7.61. The van der Waals surface area contributed by atoms with Crippen molar-refractivity contribution in [2.75, 3.05) is 19.8 Å². The zero-order chi connectivity index (χ0) is 10.7. The highest BCUT2D eigenvalue weighted by Gasteiger charge is 2.24. The van der Waals surface area contributed by atoms with Crippen LogP contribution in [-0.4, -0.2) is 29.5 Å². The molecule has 2 heterocycles. The van der Waals surface area contributed by atoms with Crippen molar-refractivity contribution in [1.82, 2.24) is 15.1 Å². The van der Waals surface area contributed by atoms with Gasteiger partial charge in [0.1, 0.15) is 0 Å². The molecule has 0 saturated carbocycles. The molecule has 1 aliphatic rings. The lowest BCUT2D eigenvalue weighted by Gasteiger charge is -2.24. The fourth-order valence-corrected chi connectivity index (χ4v) is 2.17. The molecule has 1 aliphatic heterocycles. The van der Waals surface area contributed by atoms with Crippen molar-refractivity contribution >= 4 is 12.4 Å². The molecule has 2 rings (SSSR count). The second-order valence-electron chi connectivity index (χ2n) is 3.86. The Morgan fingerprint density at radius 2 is 2.38 bits per heavy atom. The average Bonchev–Trinajstić information content (AvgIpc) is 2.69. The third-order valence-electron chi connectivity index (χ3n) is 2.88. The summed E-state index contributed by atoms with van der Waals surface area (Å²) in [6.07, 6.45) is 1.98. The highest BCUT2D eigenvalue weighted by molar-refractivity contribution is 5.85. The fraction of sp³-hybridized carbons (Fsp3) is 0.727. The summed E-state index contributed by atoms with van der Waals surface area (Å²) in [5, 5.41) is 7.80. The second-order valence-corrected chi connectivity index (χ2v) is 3.86. The number of rotatable bonds is 4. The predicted molar refractivity (Wildman–Crippen MR) is 66.1 cm³/mol. The summed E-state index contributed by atoms with van der Waals surface area (Å²) in [4.78, 5) is 0. The molecule has 0 saturated heterocycles. The molecule has 0 amide bonds. The van der Waals surface area contributed by atoms with Crippen LogP contribution in [0.25, 0.3) is 0 Å². The van der Waals surface area contributed by atoms with Gasteiger partial charge in [-0.3, -0.25) is 4.68 Å². The van der Waals surface area contributed by atoms with Gasteiger partial charge < -0.3 is 10.1 Å². The quantitative estimate of drug-likeness (QED) is 0.875. The highest BCUT2D eigenvalue weighted by Crippen LogP contribution is 2.24. The van der Waals surface area contributed by atoms with Crippen LogP contribution < -0.4 is 5.32 Å². The zero-order valence-corrected chi connectivity index (χ0v) is 10.7. The number of aromatic nitrogens is 2. The van der Waals surface area contributed by atoms with Crippen LogP contribution in [0.4, 0.5) is 0 Å². The van der Waals surface area contributed by atoms with E-state index in [2.05, 4.69) is 22.0 Å². The summed E-state index contributed by atoms with van der Waals surface area (Å²) in [7, 11) is 0. The molecular formula is C11H20ClN3O. The van der Waals surface area contributed by atoms with Gasteiger partial charge in [0.15, 0.2) is 0 Å². The van der Waals surface area contributed by atoms with E-state index >= 15 is 0 Å². The van der Waals surface area contributed by atoms with Gasteiger partial charge in [0.2, 0.25) is 0 Å². The second kappa shape index (κ2) is 6.23. The molecule has 4 nitrogen and oxygen atoms in total. The van der Waals surface area contributed by atoms with Crippen LogP contribution in [0.5, 0.6) is 0 Å². The van der Waals surface area contributed by atoms with Crippen molar-refractivity contribution in [2.24, 2.45) is 0 Å². The minimum Gasteiger partial charge on any atom is -0.381 e. The van der Waals surface area contributed by atoms with Crippen molar-refractivity contribution in [1.29, 1.82) is 0 Å². The Labute approximate surface area is 103 Å². The number of nitrogens with one attached hydrogen (secondary N) is 1. The zero-order valence-electron chi connectivity index (χ0n) is 9.90. The standard InChI is InChI=1S/C11H19N3O.ClH/c1-3-14-11-9(7-13-14)5-12-6-10(11)8-15-4-2;/h7,10,12H,3-6,8H2,1-2H3;1H. The van der Waals surface area contributed by atoms with Crippen LogP contribution in [0.2, 0.25) is 0 Å². The Morgan fingerprint density at radius 1 is 1.56 bits per heavy atom. The maximum Gasteiger partial charge on any atom is 0.0562 e. The van der Waals surface area contributed by atoms with Gasteiger partial charge in [0.25, 0.3) is 0 Å². The summed E-state index contributed by atoms with van der Waals surface area (Å²) in [5.74, 6) is 0.455. The summed E-state index contributed by atoms with van der Waals surface area (Å²) in [5.41, 5.74) is 2.69. The van der Waals surface area contributed by atoms with Crippen molar-refractivity contribution < 1.29 is 4.74 Å². The van der Waals surface area contributed by atoms with Crippen LogP contribution in [0.15, 0.2) is 6.20 Å². The van der Waals surface area contributed by atoms with E-state index in [1.165, 1.54) is 11.3 Å².